The van der Waals surface area contributed by atoms with Crippen LogP contribution in [0.4, 0.5) is 0 Å². The normalized spacial score (nSPS) is 12.5. The van der Waals surface area contributed by atoms with Gasteiger partial charge in [-0.3, -0.25) is 4.79 Å². The minimum atomic E-state index is -0.937. The summed E-state index contributed by atoms with van der Waals surface area (Å²) in [6, 6.07) is 8.75. The lowest BCUT2D eigenvalue weighted by Crippen LogP contribution is -2.11. The van der Waals surface area contributed by atoms with Gasteiger partial charge in [0, 0.05) is 12.0 Å². The number of rotatable bonds is 3. The van der Waals surface area contributed by atoms with Gasteiger partial charge in [-0.05, 0) is 67.6 Å². The number of aryl methyl sites for hydroxylation is 3. The number of aromatic carboxylic acids is 1. The molecule has 0 aromatic heterocycles. The van der Waals surface area contributed by atoms with Crippen LogP contribution in [0.2, 0.25) is 0 Å². The van der Waals surface area contributed by atoms with Gasteiger partial charge in [-0.15, -0.1) is 0 Å². The molecule has 0 unspecified atom stereocenters. The lowest BCUT2D eigenvalue weighted by molar-refractivity contribution is 0.0696. The molecule has 0 atom stereocenters. The van der Waals surface area contributed by atoms with Crippen molar-refractivity contribution in [2.24, 2.45) is 0 Å². The molecular weight excluding hydrogens is 332 g/mol. The van der Waals surface area contributed by atoms with E-state index in [1.165, 1.54) is 13.2 Å². The summed E-state index contributed by atoms with van der Waals surface area (Å²) in [5, 5.41) is 8.64. The molecule has 0 amide bonds. The highest BCUT2D eigenvalue weighted by atomic mass is 16.5. The molecule has 5 heteroatoms. The minimum Gasteiger partial charge on any atom is -0.496 e. The van der Waals surface area contributed by atoms with E-state index >= 15 is 0 Å². The lowest BCUT2D eigenvalue weighted by Gasteiger charge is -2.16. The Morgan fingerprint density at radius 2 is 1.62 bits per heavy atom. The molecule has 5 nitrogen and oxygen atoms in total. The molecule has 2 aromatic rings. The van der Waals surface area contributed by atoms with Crippen LogP contribution in [0.1, 0.15) is 50.2 Å². The summed E-state index contributed by atoms with van der Waals surface area (Å²) in [6.45, 7) is 3.84. The van der Waals surface area contributed by atoms with Gasteiger partial charge in [0.1, 0.15) is 11.5 Å². The van der Waals surface area contributed by atoms with E-state index in [1.54, 1.807) is 19.2 Å². The predicted octanol–water partition coefficient (Wildman–Crippen LogP) is 4.22. The third-order valence-electron chi connectivity index (χ3n) is 4.43. The molecule has 0 aliphatic heterocycles. The van der Waals surface area contributed by atoms with Crippen molar-refractivity contribution in [2.45, 2.75) is 33.1 Å². The van der Waals surface area contributed by atoms with Crippen LogP contribution in [0.25, 0.3) is 0 Å². The van der Waals surface area contributed by atoms with Gasteiger partial charge in [-0.25, -0.2) is 4.79 Å². The van der Waals surface area contributed by atoms with Crippen LogP contribution in [0.3, 0.4) is 0 Å². The monoisotopic (exact) mass is 356 g/mol. The lowest BCUT2D eigenvalue weighted by atomic mass is 9.89. The maximum Gasteiger partial charge on any atom is 0.335 e. The van der Waals surface area contributed by atoms with Crippen molar-refractivity contribution in [2.75, 3.05) is 14.2 Å². The third kappa shape index (κ3) is 4.42. The van der Waals surface area contributed by atoms with E-state index < -0.39 is 5.97 Å². The molecule has 26 heavy (non-hydrogen) atoms. The Balaban J connectivity index is 0.000000190. The zero-order valence-electron chi connectivity index (χ0n) is 15.6. The van der Waals surface area contributed by atoms with Crippen molar-refractivity contribution < 1.29 is 24.2 Å². The summed E-state index contributed by atoms with van der Waals surface area (Å²) in [6.07, 6.45) is 2.66. The molecule has 3 rings (SSSR count). The first-order chi connectivity index (χ1) is 12.4. The number of hydrogen-bond donors (Lipinski definition) is 1. The van der Waals surface area contributed by atoms with E-state index in [0.717, 1.165) is 40.8 Å². The first-order valence-corrected chi connectivity index (χ1v) is 8.46. The number of benzene rings is 2. The number of ether oxygens (including phenoxy) is 2. The number of hydrogen-bond acceptors (Lipinski definition) is 4. The highest BCUT2D eigenvalue weighted by Gasteiger charge is 2.18. The molecule has 0 heterocycles. The summed E-state index contributed by atoms with van der Waals surface area (Å²) in [5.41, 5.74) is 4.26. The van der Waals surface area contributed by atoms with Crippen molar-refractivity contribution in [3.63, 3.8) is 0 Å². The van der Waals surface area contributed by atoms with Crippen LogP contribution < -0.4 is 9.47 Å². The number of carbonyl (C=O) groups is 2. The van der Waals surface area contributed by atoms with E-state index in [-0.39, 0.29) is 11.3 Å². The smallest absolute Gasteiger partial charge is 0.335 e. The molecule has 1 N–H and O–H groups in total. The van der Waals surface area contributed by atoms with Crippen LogP contribution in [0, 0.1) is 13.8 Å². The van der Waals surface area contributed by atoms with Gasteiger partial charge < -0.3 is 14.6 Å². The SMILES string of the molecule is COc1cc(C(=O)O)ccc1C.COc1cc2c(cc1C)C(=O)CCC2. The quantitative estimate of drug-likeness (QED) is 0.891. The molecule has 2 aromatic carbocycles. The van der Waals surface area contributed by atoms with E-state index in [9.17, 15) is 9.59 Å². The van der Waals surface area contributed by atoms with Crippen molar-refractivity contribution in [1.82, 2.24) is 0 Å². The first kappa shape index (κ1) is 19.5. The number of carboxylic acids is 1. The van der Waals surface area contributed by atoms with Crippen LogP contribution in [0.15, 0.2) is 30.3 Å². The molecule has 1 aliphatic rings. The number of carbonyl (C=O) groups excluding carboxylic acids is 1. The van der Waals surface area contributed by atoms with E-state index in [0.29, 0.717) is 12.2 Å². The Kier molecular flexibility index (Phi) is 6.39. The van der Waals surface area contributed by atoms with Gasteiger partial charge in [-0.2, -0.15) is 0 Å². The number of fused-ring (bicyclic) bond motifs is 1. The minimum absolute atomic E-state index is 0.248. The summed E-state index contributed by atoms with van der Waals surface area (Å²) < 4.78 is 10.2. The highest BCUT2D eigenvalue weighted by molar-refractivity contribution is 5.98. The maximum absolute atomic E-state index is 11.6. The van der Waals surface area contributed by atoms with Gasteiger partial charge in [-0.1, -0.05) is 6.07 Å². The predicted molar refractivity (Wildman–Crippen MR) is 99.7 cm³/mol. The first-order valence-electron chi connectivity index (χ1n) is 8.46. The Labute approximate surface area is 153 Å². The number of Topliss-reactive ketones (excluding diaryl/α,β-unsaturated/α-hetero) is 1. The fraction of sp³-hybridized carbons (Fsp3) is 0.333. The highest BCUT2D eigenvalue weighted by Crippen LogP contribution is 2.28. The van der Waals surface area contributed by atoms with Crippen molar-refractivity contribution in [1.29, 1.82) is 0 Å². The van der Waals surface area contributed by atoms with Gasteiger partial charge in [0.2, 0.25) is 0 Å². The van der Waals surface area contributed by atoms with Crippen molar-refractivity contribution in [3.8, 4) is 11.5 Å². The van der Waals surface area contributed by atoms with Crippen LogP contribution in [-0.4, -0.2) is 31.1 Å². The summed E-state index contributed by atoms with van der Waals surface area (Å²) >= 11 is 0. The zero-order valence-corrected chi connectivity index (χ0v) is 15.6. The second-order valence-electron chi connectivity index (χ2n) is 6.25. The van der Waals surface area contributed by atoms with Crippen molar-refractivity contribution >= 4 is 11.8 Å². The summed E-state index contributed by atoms with van der Waals surface area (Å²) in [4.78, 5) is 22.1. The van der Waals surface area contributed by atoms with Crippen molar-refractivity contribution in [3.05, 3.63) is 58.1 Å². The van der Waals surface area contributed by atoms with E-state index in [1.807, 2.05) is 26.0 Å². The van der Waals surface area contributed by atoms with Gasteiger partial charge in [0.25, 0.3) is 0 Å². The number of methoxy groups -OCH3 is 2. The van der Waals surface area contributed by atoms with Gasteiger partial charge >= 0.3 is 5.97 Å². The fourth-order valence-electron chi connectivity index (χ4n) is 2.94. The molecule has 0 spiro atoms. The van der Waals surface area contributed by atoms with Crippen LogP contribution in [-0.2, 0) is 6.42 Å². The molecular formula is C21H24O5. The summed E-state index contributed by atoms with van der Waals surface area (Å²) in [7, 11) is 3.19. The van der Waals surface area contributed by atoms with Crippen LogP contribution >= 0.6 is 0 Å². The van der Waals surface area contributed by atoms with Gasteiger partial charge in [0.15, 0.2) is 5.78 Å². The fourth-order valence-corrected chi connectivity index (χ4v) is 2.94. The molecule has 0 fully saturated rings. The van der Waals surface area contributed by atoms with E-state index in [4.69, 9.17) is 14.6 Å². The summed E-state index contributed by atoms with van der Waals surface area (Å²) in [5.74, 6) is 0.832. The molecule has 0 bridgehead atoms. The Bertz CT molecular complexity index is 823. The molecule has 0 radical (unpaired) electrons. The maximum atomic E-state index is 11.6. The standard InChI is InChI=1S/C12H14O2.C9H10O3/c1-8-6-10-9(7-12(8)14-2)4-3-5-11(10)13;1-6-3-4-7(9(10)11)5-8(6)12-2/h6-7H,3-5H2,1-2H3;3-5H,1-2H3,(H,10,11). The van der Waals surface area contributed by atoms with E-state index in [2.05, 4.69) is 0 Å². The molecule has 0 saturated carbocycles. The average molecular weight is 356 g/mol. The molecule has 138 valence electrons. The molecule has 0 saturated heterocycles. The third-order valence-corrected chi connectivity index (χ3v) is 4.43. The topological polar surface area (TPSA) is 72.8 Å². The largest absolute Gasteiger partial charge is 0.496 e. The second-order valence-corrected chi connectivity index (χ2v) is 6.25. The second kappa shape index (κ2) is 8.52. The molecule has 1 aliphatic carbocycles. The Hall–Kier alpha value is -2.82. The van der Waals surface area contributed by atoms with Crippen LogP contribution in [0.5, 0.6) is 11.5 Å². The Morgan fingerprint density at radius 1 is 0.962 bits per heavy atom. The number of ketones is 1. The average Bonchev–Trinajstić information content (AvgIpc) is 2.63. The van der Waals surface area contributed by atoms with Gasteiger partial charge in [0.05, 0.1) is 19.8 Å². The number of carboxylic acid groups (broad SMARTS) is 1. The Morgan fingerprint density at radius 3 is 2.23 bits per heavy atom. The zero-order chi connectivity index (χ0) is 19.3.